The van der Waals surface area contributed by atoms with Gasteiger partial charge in [0.15, 0.2) is 0 Å². The summed E-state index contributed by atoms with van der Waals surface area (Å²) in [5, 5.41) is 6.14. The molecule has 6 nitrogen and oxygen atoms in total. The number of carbonyl (C=O) groups is 2. The van der Waals surface area contributed by atoms with Crippen molar-refractivity contribution in [1.82, 2.24) is 10.6 Å². The minimum absolute atomic E-state index is 0.0165. The smallest absolute Gasteiger partial charge is 0.251 e. The number of nitrogens with zero attached hydrogens (tertiary/aromatic N) is 1. The Balaban J connectivity index is 1.38. The first-order chi connectivity index (χ1) is 14.0. The predicted octanol–water partition coefficient (Wildman–Crippen LogP) is 2.99. The molecule has 0 aliphatic heterocycles. The lowest BCUT2D eigenvalue weighted by molar-refractivity contribution is -0.122. The summed E-state index contributed by atoms with van der Waals surface area (Å²) in [6.07, 6.45) is 2.82. The predicted molar refractivity (Wildman–Crippen MR) is 114 cm³/mol. The van der Waals surface area contributed by atoms with E-state index in [2.05, 4.69) is 10.6 Å². The summed E-state index contributed by atoms with van der Waals surface area (Å²) >= 11 is 0. The molecule has 1 fully saturated rings. The van der Waals surface area contributed by atoms with Crippen LogP contribution in [0, 0.1) is 0 Å². The van der Waals surface area contributed by atoms with Gasteiger partial charge < -0.3 is 20.3 Å². The van der Waals surface area contributed by atoms with E-state index in [1.165, 1.54) is 0 Å². The summed E-state index contributed by atoms with van der Waals surface area (Å²) in [5.74, 6) is 0.684. The standard InChI is InChI=1S/C23H29N3O3/c1-26(2)20-12-8-17(9-13-20)23(28)25-19-11-10-18(16-19)24-22(27)14-15-29-21-6-4-3-5-7-21/h3-9,12-13,18-19H,10-11,14-16H2,1-2H3,(H,24,27)(H,25,28). The van der Waals surface area contributed by atoms with E-state index in [4.69, 9.17) is 4.74 Å². The second kappa shape index (κ2) is 9.96. The van der Waals surface area contributed by atoms with Gasteiger partial charge in [0.1, 0.15) is 5.75 Å². The minimum atomic E-state index is -0.0662. The topological polar surface area (TPSA) is 70.7 Å². The zero-order valence-electron chi connectivity index (χ0n) is 17.1. The molecule has 2 aromatic carbocycles. The van der Waals surface area contributed by atoms with Gasteiger partial charge in [0, 0.05) is 37.4 Å². The van der Waals surface area contributed by atoms with Crippen molar-refractivity contribution in [2.75, 3.05) is 25.6 Å². The zero-order valence-corrected chi connectivity index (χ0v) is 17.1. The van der Waals surface area contributed by atoms with Crippen LogP contribution < -0.4 is 20.3 Å². The number of nitrogens with one attached hydrogen (secondary N) is 2. The summed E-state index contributed by atoms with van der Waals surface area (Å²) in [7, 11) is 3.94. The first-order valence-corrected chi connectivity index (χ1v) is 10.1. The Kier molecular flexibility index (Phi) is 7.11. The highest BCUT2D eigenvalue weighted by Crippen LogP contribution is 2.20. The fourth-order valence-corrected chi connectivity index (χ4v) is 3.50. The van der Waals surface area contributed by atoms with Crippen LogP contribution in [0.1, 0.15) is 36.0 Å². The van der Waals surface area contributed by atoms with Crippen molar-refractivity contribution in [1.29, 1.82) is 0 Å². The number of para-hydroxylation sites is 1. The molecule has 0 radical (unpaired) electrons. The third kappa shape index (κ3) is 6.24. The Morgan fingerprint density at radius 2 is 1.62 bits per heavy atom. The first-order valence-electron chi connectivity index (χ1n) is 10.1. The molecule has 1 saturated carbocycles. The molecule has 0 spiro atoms. The molecule has 2 unspecified atom stereocenters. The number of hydrogen-bond acceptors (Lipinski definition) is 4. The molecular formula is C23H29N3O3. The molecule has 1 aliphatic rings. The Morgan fingerprint density at radius 1 is 0.966 bits per heavy atom. The van der Waals surface area contributed by atoms with Crippen molar-refractivity contribution in [3.8, 4) is 5.75 Å². The molecule has 2 amide bonds. The average molecular weight is 396 g/mol. The molecule has 6 heteroatoms. The van der Waals surface area contributed by atoms with Gasteiger partial charge in [-0.05, 0) is 55.7 Å². The Bertz CT molecular complexity index is 806. The van der Waals surface area contributed by atoms with Gasteiger partial charge in [-0.3, -0.25) is 9.59 Å². The number of ether oxygens (including phenoxy) is 1. The average Bonchev–Trinajstić information content (AvgIpc) is 3.15. The second-order valence-electron chi connectivity index (χ2n) is 7.60. The van der Waals surface area contributed by atoms with Crippen molar-refractivity contribution in [2.45, 2.75) is 37.8 Å². The van der Waals surface area contributed by atoms with E-state index in [-0.39, 0.29) is 23.9 Å². The minimum Gasteiger partial charge on any atom is -0.493 e. The fraction of sp³-hybridized carbons (Fsp3) is 0.391. The molecule has 0 bridgehead atoms. The van der Waals surface area contributed by atoms with Gasteiger partial charge in [0.05, 0.1) is 13.0 Å². The molecule has 2 N–H and O–H groups in total. The van der Waals surface area contributed by atoms with Crippen LogP contribution in [0.15, 0.2) is 54.6 Å². The SMILES string of the molecule is CN(C)c1ccc(C(=O)NC2CCC(NC(=O)CCOc3ccccc3)C2)cc1. The van der Waals surface area contributed by atoms with E-state index in [0.717, 1.165) is 30.7 Å². The Morgan fingerprint density at radius 3 is 2.28 bits per heavy atom. The van der Waals surface area contributed by atoms with Crippen LogP contribution in [0.3, 0.4) is 0 Å². The molecule has 0 aromatic heterocycles. The summed E-state index contributed by atoms with van der Waals surface area (Å²) in [6, 6.07) is 17.2. The number of amides is 2. The molecule has 0 saturated heterocycles. The lowest BCUT2D eigenvalue weighted by Crippen LogP contribution is -2.37. The highest BCUT2D eigenvalue weighted by atomic mass is 16.5. The van der Waals surface area contributed by atoms with Crippen LogP contribution in [-0.4, -0.2) is 44.6 Å². The van der Waals surface area contributed by atoms with Gasteiger partial charge >= 0.3 is 0 Å². The van der Waals surface area contributed by atoms with Gasteiger partial charge in [-0.25, -0.2) is 0 Å². The summed E-state index contributed by atoms with van der Waals surface area (Å²) in [6.45, 7) is 0.353. The van der Waals surface area contributed by atoms with Crippen molar-refractivity contribution in [2.24, 2.45) is 0 Å². The maximum absolute atomic E-state index is 12.5. The van der Waals surface area contributed by atoms with E-state index >= 15 is 0 Å². The molecule has 2 atom stereocenters. The molecule has 0 heterocycles. The molecule has 29 heavy (non-hydrogen) atoms. The number of carbonyl (C=O) groups excluding carboxylic acids is 2. The van der Waals surface area contributed by atoms with Crippen LogP contribution in [0.4, 0.5) is 5.69 Å². The van der Waals surface area contributed by atoms with E-state index in [9.17, 15) is 9.59 Å². The molecule has 2 aromatic rings. The van der Waals surface area contributed by atoms with Crippen LogP contribution in [-0.2, 0) is 4.79 Å². The third-order valence-corrected chi connectivity index (χ3v) is 5.12. The Labute approximate surface area is 172 Å². The molecule has 3 rings (SSSR count). The van der Waals surface area contributed by atoms with Gasteiger partial charge in [-0.1, -0.05) is 18.2 Å². The number of anilines is 1. The van der Waals surface area contributed by atoms with Crippen LogP contribution in [0.2, 0.25) is 0 Å². The van der Waals surface area contributed by atoms with Crippen molar-refractivity contribution in [3.63, 3.8) is 0 Å². The van der Waals surface area contributed by atoms with Crippen molar-refractivity contribution < 1.29 is 14.3 Å². The second-order valence-corrected chi connectivity index (χ2v) is 7.60. The largest absolute Gasteiger partial charge is 0.493 e. The lowest BCUT2D eigenvalue weighted by atomic mass is 10.1. The maximum Gasteiger partial charge on any atom is 0.251 e. The van der Waals surface area contributed by atoms with Gasteiger partial charge in [-0.15, -0.1) is 0 Å². The van der Waals surface area contributed by atoms with E-state index < -0.39 is 0 Å². The summed E-state index contributed by atoms with van der Waals surface area (Å²) in [5.41, 5.74) is 1.71. The van der Waals surface area contributed by atoms with Crippen LogP contribution in [0.25, 0.3) is 0 Å². The highest BCUT2D eigenvalue weighted by Gasteiger charge is 2.27. The number of hydrogen-bond donors (Lipinski definition) is 2. The van der Waals surface area contributed by atoms with E-state index in [1.54, 1.807) is 0 Å². The normalized spacial score (nSPS) is 18.1. The van der Waals surface area contributed by atoms with Crippen molar-refractivity contribution in [3.05, 3.63) is 60.2 Å². The molecule has 1 aliphatic carbocycles. The quantitative estimate of drug-likeness (QED) is 0.721. The van der Waals surface area contributed by atoms with E-state index in [1.807, 2.05) is 73.6 Å². The monoisotopic (exact) mass is 395 g/mol. The molecular weight excluding hydrogens is 366 g/mol. The summed E-state index contributed by atoms with van der Waals surface area (Å²) in [4.78, 5) is 26.6. The number of benzene rings is 2. The maximum atomic E-state index is 12.5. The van der Waals surface area contributed by atoms with E-state index in [0.29, 0.717) is 18.6 Å². The Hall–Kier alpha value is -3.02. The summed E-state index contributed by atoms with van der Waals surface area (Å²) < 4.78 is 5.57. The van der Waals surface area contributed by atoms with Gasteiger partial charge in [0.25, 0.3) is 5.91 Å². The highest BCUT2D eigenvalue weighted by molar-refractivity contribution is 5.94. The zero-order chi connectivity index (χ0) is 20.6. The van der Waals surface area contributed by atoms with Crippen molar-refractivity contribution >= 4 is 17.5 Å². The molecule has 154 valence electrons. The lowest BCUT2D eigenvalue weighted by Gasteiger charge is -2.16. The third-order valence-electron chi connectivity index (χ3n) is 5.12. The number of rotatable bonds is 8. The fourth-order valence-electron chi connectivity index (χ4n) is 3.50. The van der Waals surface area contributed by atoms with Gasteiger partial charge in [-0.2, -0.15) is 0 Å². The first kappa shape index (κ1) is 20.7. The van der Waals surface area contributed by atoms with Crippen LogP contribution >= 0.6 is 0 Å². The van der Waals surface area contributed by atoms with Crippen LogP contribution in [0.5, 0.6) is 5.75 Å². The van der Waals surface area contributed by atoms with Gasteiger partial charge in [0.2, 0.25) is 5.91 Å².